The van der Waals surface area contributed by atoms with Crippen molar-refractivity contribution in [3.63, 3.8) is 0 Å². The monoisotopic (exact) mass is 258 g/mol. The molecule has 1 saturated heterocycles. The number of hydrogen-bond acceptors (Lipinski definition) is 6. The summed E-state index contributed by atoms with van der Waals surface area (Å²) in [6.45, 7) is 0.0946. The van der Waals surface area contributed by atoms with Crippen LogP contribution in [0.25, 0.3) is 0 Å². The van der Waals surface area contributed by atoms with Gasteiger partial charge in [-0.25, -0.2) is 0 Å². The highest BCUT2D eigenvalue weighted by Crippen LogP contribution is 2.26. The van der Waals surface area contributed by atoms with Crippen molar-refractivity contribution in [1.29, 1.82) is 0 Å². The second-order valence-corrected chi connectivity index (χ2v) is 4.80. The Bertz CT molecular complexity index is 450. The number of carbonyl (C=O) groups excluding carboxylic acids is 1. The van der Waals surface area contributed by atoms with E-state index in [1.807, 2.05) is 0 Å². The van der Waals surface area contributed by atoms with Crippen LogP contribution in [0.3, 0.4) is 0 Å². The zero-order valence-corrected chi connectivity index (χ0v) is 9.46. The molecule has 0 aliphatic carbocycles. The molecule has 0 radical (unpaired) electrons. The Morgan fingerprint density at radius 2 is 2.00 bits per heavy atom. The molecule has 0 bridgehead atoms. The van der Waals surface area contributed by atoms with E-state index in [1.54, 1.807) is 0 Å². The van der Waals surface area contributed by atoms with Crippen molar-refractivity contribution in [3.05, 3.63) is 27.1 Å². The number of aliphatic hydroxyl groups excluding tert-OH is 2. The normalized spacial score (nSPS) is 24.0. The standard InChI is InChI=1S/C9H10N2O5S/c12-5-3-10(4-6(5)13)9(14)7-1-2-8(17-7)11(15)16/h1-2,5-6,12-13H,3-4H2/t5-,6+. The molecular formula is C9H10N2O5S. The maximum atomic E-state index is 11.9. The third kappa shape index (κ3) is 2.28. The molecule has 1 aromatic heterocycles. The molecule has 0 unspecified atom stereocenters. The summed E-state index contributed by atoms with van der Waals surface area (Å²) >= 11 is 0.785. The Balaban J connectivity index is 2.12. The number of aliphatic hydroxyl groups is 2. The van der Waals surface area contributed by atoms with Crippen LogP contribution in [0.1, 0.15) is 9.67 Å². The Kier molecular flexibility index (Phi) is 3.09. The molecule has 1 aliphatic rings. The van der Waals surface area contributed by atoms with E-state index in [-0.39, 0.29) is 23.0 Å². The Morgan fingerprint density at radius 1 is 1.41 bits per heavy atom. The third-order valence-corrected chi connectivity index (χ3v) is 3.55. The van der Waals surface area contributed by atoms with E-state index in [2.05, 4.69) is 0 Å². The van der Waals surface area contributed by atoms with Gasteiger partial charge in [0.25, 0.3) is 5.91 Å². The zero-order valence-electron chi connectivity index (χ0n) is 8.65. The lowest BCUT2D eigenvalue weighted by atomic mass is 10.3. The van der Waals surface area contributed by atoms with Gasteiger partial charge in [0.15, 0.2) is 0 Å². The lowest BCUT2D eigenvalue weighted by Crippen LogP contribution is -2.29. The molecule has 8 heteroatoms. The molecule has 0 aromatic carbocycles. The first-order chi connectivity index (χ1) is 7.99. The number of nitrogens with zero attached hydrogens (tertiary/aromatic N) is 2. The van der Waals surface area contributed by atoms with Crippen LogP contribution in [0, 0.1) is 10.1 Å². The van der Waals surface area contributed by atoms with Gasteiger partial charge in [0.1, 0.15) is 0 Å². The second kappa shape index (κ2) is 4.40. The van der Waals surface area contributed by atoms with Crippen LogP contribution in [0.4, 0.5) is 5.00 Å². The summed E-state index contributed by atoms with van der Waals surface area (Å²) < 4.78 is 0. The molecule has 1 amide bonds. The maximum absolute atomic E-state index is 11.9. The van der Waals surface area contributed by atoms with Gasteiger partial charge in [-0.05, 0) is 6.07 Å². The fourth-order valence-electron chi connectivity index (χ4n) is 1.63. The van der Waals surface area contributed by atoms with Gasteiger partial charge in [-0.15, -0.1) is 0 Å². The van der Waals surface area contributed by atoms with Crippen LogP contribution >= 0.6 is 11.3 Å². The maximum Gasteiger partial charge on any atom is 0.324 e. The Morgan fingerprint density at radius 3 is 2.47 bits per heavy atom. The van der Waals surface area contributed by atoms with Gasteiger partial charge in [0, 0.05) is 19.2 Å². The summed E-state index contributed by atoms with van der Waals surface area (Å²) in [7, 11) is 0. The molecule has 2 rings (SSSR count). The summed E-state index contributed by atoms with van der Waals surface area (Å²) in [5.41, 5.74) is 0. The average Bonchev–Trinajstić information content (AvgIpc) is 2.86. The van der Waals surface area contributed by atoms with Crippen molar-refractivity contribution in [3.8, 4) is 0 Å². The molecule has 0 spiro atoms. The minimum Gasteiger partial charge on any atom is -0.388 e. The van der Waals surface area contributed by atoms with E-state index in [0.29, 0.717) is 0 Å². The predicted molar refractivity (Wildman–Crippen MR) is 58.9 cm³/mol. The molecule has 2 heterocycles. The highest BCUT2D eigenvalue weighted by molar-refractivity contribution is 7.17. The van der Waals surface area contributed by atoms with E-state index in [9.17, 15) is 25.1 Å². The minimum atomic E-state index is -0.950. The summed E-state index contributed by atoms with van der Waals surface area (Å²) in [6.07, 6.45) is -1.90. The van der Waals surface area contributed by atoms with Crippen molar-refractivity contribution < 1.29 is 19.9 Å². The van der Waals surface area contributed by atoms with Crippen molar-refractivity contribution in [2.75, 3.05) is 13.1 Å². The molecule has 2 N–H and O–H groups in total. The van der Waals surface area contributed by atoms with E-state index in [1.165, 1.54) is 17.0 Å². The molecule has 92 valence electrons. The Hall–Kier alpha value is -1.51. The number of β-amino-alcohol motifs (C(OH)–C–C–N with tert-alkyl or cyclic N) is 2. The lowest BCUT2D eigenvalue weighted by Gasteiger charge is -2.13. The lowest BCUT2D eigenvalue weighted by molar-refractivity contribution is -0.380. The van der Waals surface area contributed by atoms with Gasteiger partial charge >= 0.3 is 5.00 Å². The fourth-order valence-corrected chi connectivity index (χ4v) is 2.42. The molecule has 2 atom stereocenters. The molecular weight excluding hydrogens is 248 g/mol. The molecule has 17 heavy (non-hydrogen) atoms. The number of carbonyl (C=O) groups is 1. The van der Waals surface area contributed by atoms with Gasteiger partial charge in [0.2, 0.25) is 0 Å². The summed E-state index contributed by atoms with van der Waals surface area (Å²) in [5.74, 6) is -0.404. The first-order valence-corrected chi connectivity index (χ1v) is 5.70. The average molecular weight is 258 g/mol. The zero-order chi connectivity index (χ0) is 12.6. The number of rotatable bonds is 2. The molecule has 1 aliphatic heterocycles. The van der Waals surface area contributed by atoms with Gasteiger partial charge in [-0.3, -0.25) is 14.9 Å². The van der Waals surface area contributed by atoms with E-state index >= 15 is 0 Å². The highest BCUT2D eigenvalue weighted by Gasteiger charge is 2.33. The van der Waals surface area contributed by atoms with Crippen molar-refractivity contribution >= 4 is 22.2 Å². The van der Waals surface area contributed by atoms with E-state index in [0.717, 1.165) is 11.3 Å². The van der Waals surface area contributed by atoms with Crippen LogP contribution in [-0.4, -0.2) is 51.2 Å². The smallest absolute Gasteiger partial charge is 0.324 e. The minimum absolute atomic E-state index is 0.0473. The van der Waals surface area contributed by atoms with Crippen molar-refractivity contribution in [2.24, 2.45) is 0 Å². The largest absolute Gasteiger partial charge is 0.388 e. The third-order valence-electron chi connectivity index (χ3n) is 2.53. The van der Waals surface area contributed by atoms with Crippen LogP contribution in [0.5, 0.6) is 0 Å². The van der Waals surface area contributed by atoms with Gasteiger partial charge in [-0.2, -0.15) is 0 Å². The quantitative estimate of drug-likeness (QED) is 0.566. The summed E-state index contributed by atoms with van der Waals surface area (Å²) in [6, 6.07) is 2.64. The second-order valence-electron chi connectivity index (χ2n) is 3.74. The number of likely N-dealkylation sites (tertiary alicyclic amines) is 1. The molecule has 7 nitrogen and oxygen atoms in total. The fraction of sp³-hybridized carbons (Fsp3) is 0.444. The molecule has 1 aromatic rings. The first kappa shape index (κ1) is 12.0. The number of hydrogen-bond donors (Lipinski definition) is 2. The van der Waals surface area contributed by atoms with Crippen molar-refractivity contribution in [2.45, 2.75) is 12.2 Å². The number of amides is 1. The molecule has 1 fully saturated rings. The number of thiophene rings is 1. The highest BCUT2D eigenvalue weighted by atomic mass is 32.1. The van der Waals surface area contributed by atoms with Crippen LogP contribution in [0.15, 0.2) is 12.1 Å². The predicted octanol–water partition coefficient (Wildman–Crippen LogP) is -0.166. The van der Waals surface area contributed by atoms with Crippen LogP contribution < -0.4 is 0 Å². The first-order valence-electron chi connectivity index (χ1n) is 4.88. The summed E-state index contributed by atoms with van der Waals surface area (Å²) in [5, 5.41) is 29.0. The van der Waals surface area contributed by atoms with E-state index < -0.39 is 23.0 Å². The molecule has 0 saturated carbocycles. The van der Waals surface area contributed by atoms with Gasteiger partial charge in [-0.1, -0.05) is 11.3 Å². The Labute approximate surface area is 100 Å². The SMILES string of the molecule is O=C(c1ccc([N+](=O)[O-])s1)N1C[C@@H](O)[C@@H](O)C1. The van der Waals surface area contributed by atoms with Crippen molar-refractivity contribution in [1.82, 2.24) is 4.90 Å². The van der Waals surface area contributed by atoms with E-state index in [4.69, 9.17) is 0 Å². The van der Waals surface area contributed by atoms with Crippen LogP contribution in [-0.2, 0) is 0 Å². The summed E-state index contributed by atoms with van der Waals surface area (Å²) in [4.78, 5) is 23.3. The van der Waals surface area contributed by atoms with Gasteiger partial charge in [0.05, 0.1) is 22.0 Å². The number of nitro groups is 1. The topological polar surface area (TPSA) is 104 Å². The van der Waals surface area contributed by atoms with Crippen LogP contribution in [0.2, 0.25) is 0 Å². The van der Waals surface area contributed by atoms with Gasteiger partial charge < -0.3 is 15.1 Å².